The summed E-state index contributed by atoms with van der Waals surface area (Å²) >= 11 is 12.1. The van der Waals surface area contributed by atoms with Gasteiger partial charge in [-0.3, -0.25) is 4.79 Å². The average Bonchev–Trinajstić information content (AvgIpc) is 2.62. The molecule has 4 nitrogen and oxygen atoms in total. The zero-order chi connectivity index (χ0) is 19.3. The zero-order valence-corrected chi connectivity index (χ0v) is 16.9. The van der Waals surface area contributed by atoms with Crippen molar-refractivity contribution in [2.24, 2.45) is 0 Å². The molecule has 0 aliphatic carbocycles. The van der Waals surface area contributed by atoms with Gasteiger partial charge in [0, 0.05) is 12.6 Å². The smallest absolute Gasteiger partial charge is 0.227 e. The van der Waals surface area contributed by atoms with Gasteiger partial charge in [-0.05, 0) is 49.2 Å². The minimum absolute atomic E-state index is 0.0262. The van der Waals surface area contributed by atoms with E-state index in [-0.39, 0.29) is 18.4 Å². The maximum atomic E-state index is 12.9. The van der Waals surface area contributed by atoms with Crippen molar-refractivity contribution in [3.05, 3.63) is 57.6 Å². The third-order valence-corrected chi connectivity index (χ3v) is 4.82. The van der Waals surface area contributed by atoms with E-state index in [1.807, 2.05) is 36.9 Å². The lowest BCUT2D eigenvalue weighted by Crippen LogP contribution is -2.37. The molecule has 0 aliphatic heterocycles. The fourth-order valence-corrected chi connectivity index (χ4v) is 2.98. The molecule has 0 saturated carbocycles. The Labute approximate surface area is 164 Å². The van der Waals surface area contributed by atoms with E-state index < -0.39 is 0 Å². The van der Waals surface area contributed by atoms with Gasteiger partial charge in [-0.1, -0.05) is 35.3 Å². The van der Waals surface area contributed by atoms with E-state index in [1.54, 1.807) is 32.4 Å². The molecule has 0 aliphatic rings. The van der Waals surface area contributed by atoms with Gasteiger partial charge in [0.1, 0.15) is 0 Å². The van der Waals surface area contributed by atoms with Crippen LogP contribution in [0.2, 0.25) is 10.0 Å². The molecule has 26 heavy (non-hydrogen) atoms. The van der Waals surface area contributed by atoms with Crippen LogP contribution in [0, 0.1) is 0 Å². The van der Waals surface area contributed by atoms with Crippen molar-refractivity contribution in [2.45, 2.75) is 32.9 Å². The first-order chi connectivity index (χ1) is 12.3. The minimum Gasteiger partial charge on any atom is -0.493 e. The highest BCUT2D eigenvalue weighted by molar-refractivity contribution is 6.42. The van der Waals surface area contributed by atoms with Crippen molar-refractivity contribution >= 4 is 29.1 Å². The minimum atomic E-state index is 0.0262. The van der Waals surface area contributed by atoms with Gasteiger partial charge in [0.2, 0.25) is 5.91 Å². The number of hydrogen-bond acceptors (Lipinski definition) is 3. The van der Waals surface area contributed by atoms with Gasteiger partial charge >= 0.3 is 0 Å². The van der Waals surface area contributed by atoms with Gasteiger partial charge in [-0.15, -0.1) is 0 Å². The predicted octanol–water partition coefficient (Wildman–Crippen LogP) is 4.99. The second kappa shape index (κ2) is 9.15. The van der Waals surface area contributed by atoms with E-state index in [0.717, 1.165) is 11.1 Å². The van der Waals surface area contributed by atoms with Gasteiger partial charge < -0.3 is 14.4 Å². The Balaban J connectivity index is 2.16. The lowest BCUT2D eigenvalue weighted by molar-refractivity contribution is -0.132. The molecule has 0 spiro atoms. The summed E-state index contributed by atoms with van der Waals surface area (Å²) in [4.78, 5) is 14.7. The maximum Gasteiger partial charge on any atom is 0.227 e. The largest absolute Gasteiger partial charge is 0.493 e. The van der Waals surface area contributed by atoms with Gasteiger partial charge in [-0.2, -0.15) is 0 Å². The summed E-state index contributed by atoms with van der Waals surface area (Å²) in [6.07, 6.45) is 0.278. The average molecular weight is 396 g/mol. The Hall–Kier alpha value is -1.91. The summed E-state index contributed by atoms with van der Waals surface area (Å²) in [6.45, 7) is 4.45. The summed E-state index contributed by atoms with van der Waals surface area (Å²) in [5.74, 6) is 1.27. The SMILES string of the molecule is COc1ccc(CC(=O)N(Cc2ccc(Cl)c(Cl)c2)C(C)C)cc1OC. The Kier molecular flexibility index (Phi) is 7.18. The van der Waals surface area contributed by atoms with Crippen LogP contribution in [0.4, 0.5) is 0 Å². The lowest BCUT2D eigenvalue weighted by atomic mass is 10.1. The van der Waals surface area contributed by atoms with Gasteiger partial charge in [-0.25, -0.2) is 0 Å². The molecule has 1 amide bonds. The Bertz CT molecular complexity index is 778. The highest BCUT2D eigenvalue weighted by atomic mass is 35.5. The van der Waals surface area contributed by atoms with Gasteiger partial charge in [0.15, 0.2) is 11.5 Å². The normalized spacial score (nSPS) is 10.7. The first-order valence-corrected chi connectivity index (χ1v) is 9.05. The van der Waals surface area contributed by atoms with Crippen molar-refractivity contribution in [3.63, 3.8) is 0 Å². The summed E-state index contributed by atoms with van der Waals surface area (Å²) < 4.78 is 10.5. The second-order valence-electron chi connectivity index (χ2n) is 6.23. The van der Waals surface area contributed by atoms with Crippen molar-refractivity contribution in [2.75, 3.05) is 14.2 Å². The number of halogens is 2. The summed E-state index contributed by atoms with van der Waals surface area (Å²) in [6, 6.07) is 11.0. The third kappa shape index (κ3) is 5.05. The predicted molar refractivity (Wildman–Crippen MR) is 105 cm³/mol. The third-order valence-electron chi connectivity index (χ3n) is 4.08. The van der Waals surface area contributed by atoms with E-state index in [4.69, 9.17) is 32.7 Å². The van der Waals surface area contributed by atoms with E-state index in [9.17, 15) is 4.79 Å². The summed E-state index contributed by atoms with van der Waals surface area (Å²) in [5.41, 5.74) is 1.81. The number of methoxy groups -OCH3 is 2. The fraction of sp³-hybridized carbons (Fsp3) is 0.350. The molecule has 0 saturated heterocycles. The summed E-state index contributed by atoms with van der Waals surface area (Å²) in [7, 11) is 3.16. The number of amides is 1. The first kappa shape index (κ1) is 20.4. The van der Waals surface area contributed by atoms with Crippen molar-refractivity contribution in [1.82, 2.24) is 4.90 Å². The van der Waals surface area contributed by atoms with E-state index in [2.05, 4.69) is 0 Å². The molecule has 0 fully saturated rings. The fourth-order valence-electron chi connectivity index (χ4n) is 2.66. The lowest BCUT2D eigenvalue weighted by Gasteiger charge is -2.27. The second-order valence-corrected chi connectivity index (χ2v) is 7.04. The molecule has 0 N–H and O–H groups in total. The van der Waals surface area contributed by atoms with Crippen LogP contribution in [0.25, 0.3) is 0 Å². The van der Waals surface area contributed by atoms with Crippen LogP contribution in [0.3, 0.4) is 0 Å². The van der Waals surface area contributed by atoms with Crippen LogP contribution in [0.15, 0.2) is 36.4 Å². The molecule has 0 aromatic heterocycles. The number of rotatable bonds is 7. The Morgan fingerprint density at radius 3 is 2.19 bits per heavy atom. The monoisotopic (exact) mass is 395 g/mol. The molecule has 2 aromatic rings. The van der Waals surface area contributed by atoms with Crippen LogP contribution >= 0.6 is 23.2 Å². The molecule has 2 rings (SSSR count). The number of ether oxygens (including phenoxy) is 2. The van der Waals surface area contributed by atoms with Crippen LogP contribution in [-0.4, -0.2) is 31.1 Å². The van der Waals surface area contributed by atoms with E-state index in [0.29, 0.717) is 28.1 Å². The molecule has 0 bridgehead atoms. The molecule has 6 heteroatoms. The maximum absolute atomic E-state index is 12.9. The summed E-state index contributed by atoms with van der Waals surface area (Å²) in [5, 5.41) is 0.989. The Morgan fingerprint density at radius 2 is 1.62 bits per heavy atom. The molecule has 0 heterocycles. The topological polar surface area (TPSA) is 38.8 Å². The molecule has 2 aromatic carbocycles. The molecule has 0 atom stereocenters. The van der Waals surface area contributed by atoms with Crippen LogP contribution in [-0.2, 0) is 17.8 Å². The van der Waals surface area contributed by atoms with E-state index >= 15 is 0 Å². The number of nitrogens with zero attached hydrogens (tertiary/aromatic N) is 1. The van der Waals surface area contributed by atoms with Crippen LogP contribution < -0.4 is 9.47 Å². The number of carbonyl (C=O) groups excluding carboxylic acids is 1. The molecule has 140 valence electrons. The highest BCUT2D eigenvalue weighted by Gasteiger charge is 2.19. The molecular formula is C20H23Cl2NO3. The Morgan fingerprint density at radius 1 is 0.962 bits per heavy atom. The quantitative estimate of drug-likeness (QED) is 0.662. The molecule has 0 unspecified atom stereocenters. The van der Waals surface area contributed by atoms with Crippen LogP contribution in [0.5, 0.6) is 11.5 Å². The van der Waals surface area contributed by atoms with Crippen molar-refractivity contribution in [3.8, 4) is 11.5 Å². The molecular weight excluding hydrogens is 373 g/mol. The first-order valence-electron chi connectivity index (χ1n) is 8.30. The van der Waals surface area contributed by atoms with Crippen molar-refractivity contribution < 1.29 is 14.3 Å². The highest BCUT2D eigenvalue weighted by Crippen LogP contribution is 2.28. The van der Waals surface area contributed by atoms with Gasteiger partial charge in [0.25, 0.3) is 0 Å². The van der Waals surface area contributed by atoms with E-state index in [1.165, 1.54) is 0 Å². The van der Waals surface area contributed by atoms with Crippen LogP contribution in [0.1, 0.15) is 25.0 Å². The van der Waals surface area contributed by atoms with Gasteiger partial charge in [0.05, 0.1) is 30.7 Å². The van der Waals surface area contributed by atoms with Crippen molar-refractivity contribution in [1.29, 1.82) is 0 Å². The zero-order valence-electron chi connectivity index (χ0n) is 15.4. The standard InChI is InChI=1S/C20H23Cl2NO3/c1-13(2)23(12-15-5-7-16(21)17(22)9-15)20(24)11-14-6-8-18(25-3)19(10-14)26-4/h5-10,13H,11-12H2,1-4H3. The number of hydrogen-bond donors (Lipinski definition) is 0. The molecule has 0 radical (unpaired) electrons. The number of carbonyl (C=O) groups is 1. The number of benzene rings is 2.